The Balaban J connectivity index is 2.00. The van der Waals surface area contributed by atoms with Gasteiger partial charge in [-0.25, -0.2) is 4.79 Å². The van der Waals surface area contributed by atoms with Crippen LogP contribution in [0.3, 0.4) is 0 Å². The third-order valence-electron chi connectivity index (χ3n) is 3.31. The van der Waals surface area contributed by atoms with Crippen molar-refractivity contribution in [3.63, 3.8) is 0 Å². The van der Waals surface area contributed by atoms with Crippen molar-refractivity contribution in [1.82, 2.24) is 4.90 Å². The molecule has 0 unspecified atom stereocenters. The predicted molar refractivity (Wildman–Crippen MR) is 91.9 cm³/mol. The highest BCUT2D eigenvalue weighted by Gasteiger charge is 2.09. The first-order valence-electron chi connectivity index (χ1n) is 7.05. The molecule has 1 N–H and O–H groups in total. The first-order chi connectivity index (χ1) is 11.0. The van der Waals surface area contributed by atoms with Crippen molar-refractivity contribution in [2.75, 3.05) is 13.6 Å². The number of carboxylic acid groups (broad SMARTS) is 1. The summed E-state index contributed by atoms with van der Waals surface area (Å²) in [5, 5.41) is 9.58. The van der Waals surface area contributed by atoms with Gasteiger partial charge >= 0.3 is 6.09 Å². The maximum atomic E-state index is 10.9. The normalized spacial score (nSPS) is 10.2. The third-order valence-corrected chi connectivity index (χ3v) is 3.56. The number of nitrogens with zero attached hydrogens (tertiary/aromatic N) is 1. The number of likely N-dealkylation sites (N-methyl/N-ethyl adjacent to an activating group) is 1. The van der Waals surface area contributed by atoms with Crippen LogP contribution in [-0.2, 0) is 6.61 Å². The minimum atomic E-state index is -0.978. The number of amides is 1. The van der Waals surface area contributed by atoms with Crippen molar-refractivity contribution < 1.29 is 14.6 Å². The van der Waals surface area contributed by atoms with E-state index in [1.54, 1.807) is 12.1 Å². The van der Waals surface area contributed by atoms with Gasteiger partial charge in [-0.05, 0) is 47.0 Å². The Morgan fingerprint density at radius 1 is 1.26 bits per heavy atom. The summed E-state index contributed by atoms with van der Waals surface area (Å²) in [6.07, 6.45) is -0.978. The molecular formula is C18H18ClNO3. The Kier molecular flexibility index (Phi) is 5.66. The first-order valence-corrected chi connectivity index (χ1v) is 7.43. The standard InChI is InChI=1S/C18H18ClNO3/c1-13(11-20(2)18(21)22)15-5-3-4-14(10-15)12-23-17-8-6-16(19)7-9-17/h3-10H,1,11-12H2,2H3,(H,21,22). The topological polar surface area (TPSA) is 49.8 Å². The van der Waals surface area contributed by atoms with Gasteiger partial charge in [0.15, 0.2) is 0 Å². The molecule has 0 saturated carbocycles. The Morgan fingerprint density at radius 3 is 2.61 bits per heavy atom. The van der Waals surface area contributed by atoms with Crippen LogP contribution in [0.15, 0.2) is 55.1 Å². The molecular weight excluding hydrogens is 314 g/mol. The Morgan fingerprint density at radius 2 is 1.96 bits per heavy atom. The average Bonchev–Trinajstić information content (AvgIpc) is 2.54. The molecule has 5 heteroatoms. The highest BCUT2D eigenvalue weighted by atomic mass is 35.5. The Hall–Kier alpha value is -2.46. The zero-order valence-corrected chi connectivity index (χ0v) is 13.6. The highest BCUT2D eigenvalue weighted by molar-refractivity contribution is 6.30. The van der Waals surface area contributed by atoms with Crippen LogP contribution >= 0.6 is 11.6 Å². The molecule has 120 valence electrons. The fourth-order valence-corrected chi connectivity index (χ4v) is 2.15. The van der Waals surface area contributed by atoms with E-state index in [0.29, 0.717) is 11.6 Å². The van der Waals surface area contributed by atoms with Gasteiger partial charge in [0, 0.05) is 18.6 Å². The van der Waals surface area contributed by atoms with Crippen molar-refractivity contribution in [3.05, 3.63) is 71.3 Å². The van der Waals surface area contributed by atoms with Crippen LogP contribution in [-0.4, -0.2) is 29.7 Å². The number of hydrogen-bond acceptors (Lipinski definition) is 2. The predicted octanol–water partition coefficient (Wildman–Crippen LogP) is 4.54. The smallest absolute Gasteiger partial charge is 0.407 e. The van der Waals surface area contributed by atoms with Gasteiger partial charge in [0.2, 0.25) is 0 Å². The number of benzene rings is 2. The van der Waals surface area contributed by atoms with Gasteiger partial charge in [-0.2, -0.15) is 0 Å². The van der Waals surface area contributed by atoms with Crippen molar-refractivity contribution in [2.45, 2.75) is 6.61 Å². The highest BCUT2D eigenvalue weighted by Crippen LogP contribution is 2.19. The molecule has 0 aliphatic heterocycles. The molecule has 23 heavy (non-hydrogen) atoms. The second-order valence-electron chi connectivity index (χ2n) is 5.19. The second kappa shape index (κ2) is 7.70. The van der Waals surface area contributed by atoms with E-state index in [0.717, 1.165) is 22.4 Å². The van der Waals surface area contributed by atoms with E-state index in [-0.39, 0.29) is 6.54 Å². The molecule has 0 bridgehead atoms. The minimum Gasteiger partial charge on any atom is -0.489 e. The lowest BCUT2D eigenvalue weighted by molar-refractivity contribution is 0.161. The van der Waals surface area contributed by atoms with E-state index in [4.69, 9.17) is 21.4 Å². The summed E-state index contributed by atoms with van der Waals surface area (Å²) in [6, 6.07) is 14.9. The molecule has 0 radical (unpaired) electrons. The molecule has 0 heterocycles. The molecule has 0 aliphatic carbocycles. The van der Waals surface area contributed by atoms with Gasteiger partial charge in [-0.1, -0.05) is 36.4 Å². The summed E-state index contributed by atoms with van der Waals surface area (Å²) in [7, 11) is 1.51. The number of hydrogen-bond donors (Lipinski definition) is 1. The summed E-state index contributed by atoms with van der Waals surface area (Å²) in [6.45, 7) is 4.63. The summed E-state index contributed by atoms with van der Waals surface area (Å²) in [4.78, 5) is 12.1. The zero-order chi connectivity index (χ0) is 16.8. The van der Waals surface area contributed by atoms with E-state index in [2.05, 4.69) is 6.58 Å². The van der Waals surface area contributed by atoms with Crippen LogP contribution in [0.5, 0.6) is 5.75 Å². The molecule has 0 aliphatic rings. The quantitative estimate of drug-likeness (QED) is 0.845. The van der Waals surface area contributed by atoms with Gasteiger partial charge in [0.1, 0.15) is 12.4 Å². The number of halogens is 1. The molecule has 1 amide bonds. The van der Waals surface area contributed by atoms with Gasteiger partial charge in [-0.3, -0.25) is 0 Å². The zero-order valence-electron chi connectivity index (χ0n) is 12.8. The SMILES string of the molecule is C=C(CN(C)C(=O)O)c1cccc(COc2ccc(Cl)cc2)c1. The average molecular weight is 332 g/mol. The number of ether oxygens (including phenoxy) is 1. The summed E-state index contributed by atoms with van der Waals surface area (Å²) in [5.74, 6) is 0.740. The van der Waals surface area contributed by atoms with Crippen molar-refractivity contribution in [2.24, 2.45) is 0 Å². The number of carbonyl (C=O) groups is 1. The number of rotatable bonds is 6. The first kappa shape index (κ1) is 16.9. The van der Waals surface area contributed by atoms with Crippen LogP contribution in [0.4, 0.5) is 4.79 Å². The minimum absolute atomic E-state index is 0.261. The maximum Gasteiger partial charge on any atom is 0.407 e. The Labute approximate surface area is 140 Å². The molecule has 0 saturated heterocycles. The third kappa shape index (κ3) is 5.04. The second-order valence-corrected chi connectivity index (χ2v) is 5.62. The van der Waals surface area contributed by atoms with Crippen LogP contribution in [0, 0.1) is 0 Å². The van der Waals surface area contributed by atoms with Crippen molar-refractivity contribution >= 4 is 23.3 Å². The summed E-state index contributed by atoms with van der Waals surface area (Å²) in [5.41, 5.74) is 2.62. The van der Waals surface area contributed by atoms with E-state index < -0.39 is 6.09 Å². The molecule has 2 aromatic carbocycles. The van der Waals surface area contributed by atoms with Gasteiger partial charge < -0.3 is 14.7 Å². The van der Waals surface area contributed by atoms with Crippen LogP contribution < -0.4 is 4.74 Å². The van der Waals surface area contributed by atoms with E-state index in [1.807, 2.05) is 36.4 Å². The Bertz CT molecular complexity index is 698. The van der Waals surface area contributed by atoms with Crippen molar-refractivity contribution in [3.8, 4) is 5.75 Å². The maximum absolute atomic E-state index is 10.9. The fraction of sp³-hybridized carbons (Fsp3) is 0.167. The molecule has 0 aromatic heterocycles. The van der Waals surface area contributed by atoms with Gasteiger partial charge in [-0.15, -0.1) is 0 Å². The van der Waals surface area contributed by atoms with Crippen LogP contribution in [0.1, 0.15) is 11.1 Å². The van der Waals surface area contributed by atoms with Gasteiger partial charge in [0.25, 0.3) is 0 Å². The van der Waals surface area contributed by atoms with Crippen LogP contribution in [0.2, 0.25) is 5.02 Å². The monoisotopic (exact) mass is 331 g/mol. The lowest BCUT2D eigenvalue weighted by atomic mass is 10.0. The molecule has 2 rings (SSSR count). The summed E-state index contributed by atoms with van der Waals surface area (Å²) < 4.78 is 5.71. The molecule has 4 nitrogen and oxygen atoms in total. The van der Waals surface area contributed by atoms with Crippen molar-refractivity contribution in [1.29, 1.82) is 0 Å². The van der Waals surface area contributed by atoms with E-state index in [9.17, 15) is 4.79 Å². The van der Waals surface area contributed by atoms with E-state index >= 15 is 0 Å². The fourth-order valence-electron chi connectivity index (χ4n) is 2.02. The molecule has 0 spiro atoms. The van der Waals surface area contributed by atoms with E-state index in [1.165, 1.54) is 11.9 Å². The largest absolute Gasteiger partial charge is 0.489 e. The van der Waals surface area contributed by atoms with Crippen LogP contribution in [0.25, 0.3) is 5.57 Å². The summed E-state index contributed by atoms with van der Waals surface area (Å²) >= 11 is 5.84. The lowest BCUT2D eigenvalue weighted by Gasteiger charge is -2.15. The lowest BCUT2D eigenvalue weighted by Crippen LogP contribution is -2.26. The molecule has 0 fully saturated rings. The van der Waals surface area contributed by atoms with Gasteiger partial charge in [0.05, 0.1) is 0 Å². The molecule has 2 aromatic rings. The molecule has 0 atom stereocenters.